The Balaban J connectivity index is 1.31. The van der Waals surface area contributed by atoms with E-state index in [1.807, 2.05) is 6.92 Å². The van der Waals surface area contributed by atoms with Crippen LogP contribution < -0.4 is 0 Å². The van der Waals surface area contributed by atoms with E-state index in [4.69, 9.17) is 4.74 Å². The van der Waals surface area contributed by atoms with E-state index in [1.54, 1.807) is 0 Å². The predicted octanol–water partition coefficient (Wildman–Crippen LogP) is 4.30. The molecule has 7 unspecified atom stereocenters. The molecule has 1 aliphatic heterocycles. The van der Waals surface area contributed by atoms with Crippen molar-refractivity contribution >= 4 is 5.78 Å². The highest BCUT2D eigenvalue weighted by molar-refractivity contribution is 5.79. The maximum Gasteiger partial charge on any atom is 0.133 e. The van der Waals surface area contributed by atoms with Crippen LogP contribution in [-0.2, 0) is 9.53 Å². The Morgan fingerprint density at radius 2 is 1.70 bits per heavy atom. The molecule has 5 aliphatic rings. The van der Waals surface area contributed by atoms with Crippen molar-refractivity contribution in [3.8, 4) is 0 Å². The van der Waals surface area contributed by atoms with Gasteiger partial charge in [-0.3, -0.25) is 9.69 Å². The molecule has 4 saturated carbocycles. The quantitative estimate of drug-likeness (QED) is 0.744. The molecule has 170 valence electrons. The lowest BCUT2D eigenvalue weighted by Crippen LogP contribution is -2.58. The van der Waals surface area contributed by atoms with Gasteiger partial charge in [-0.05, 0) is 99.2 Å². The van der Waals surface area contributed by atoms with E-state index in [9.17, 15) is 9.90 Å². The lowest BCUT2D eigenvalue weighted by molar-refractivity contribution is -0.159. The van der Waals surface area contributed by atoms with Crippen molar-refractivity contribution in [1.29, 1.82) is 0 Å². The average molecular weight is 418 g/mol. The topological polar surface area (TPSA) is 49.8 Å². The van der Waals surface area contributed by atoms with Crippen LogP contribution in [0.25, 0.3) is 0 Å². The molecule has 0 aromatic rings. The van der Waals surface area contributed by atoms with E-state index in [1.165, 1.54) is 38.5 Å². The van der Waals surface area contributed by atoms with Gasteiger partial charge < -0.3 is 9.84 Å². The molecular weight excluding hydrogens is 374 g/mol. The first kappa shape index (κ1) is 21.4. The third kappa shape index (κ3) is 3.31. The zero-order valence-corrected chi connectivity index (χ0v) is 19.5. The highest BCUT2D eigenvalue weighted by Gasteiger charge is 2.61. The Kier molecular flexibility index (Phi) is 5.39. The molecule has 4 heteroatoms. The summed E-state index contributed by atoms with van der Waals surface area (Å²) < 4.78 is 5.50. The molecule has 4 aliphatic carbocycles. The number of β-amino-alcohol motifs (C(OH)–C–C–N with tert-alkyl or cyclic N) is 1. The van der Waals surface area contributed by atoms with Gasteiger partial charge in [0.2, 0.25) is 0 Å². The minimum Gasteiger partial charge on any atom is -0.389 e. The predicted molar refractivity (Wildman–Crippen MR) is 118 cm³/mol. The molecule has 8 atom stereocenters. The minimum atomic E-state index is -0.509. The second-order valence-electron chi connectivity index (χ2n) is 12.3. The zero-order valence-electron chi connectivity index (χ0n) is 19.5. The summed E-state index contributed by atoms with van der Waals surface area (Å²) in [6.45, 7) is 11.2. The molecular formula is C26H43NO3. The van der Waals surface area contributed by atoms with Gasteiger partial charge in [0, 0.05) is 25.6 Å². The smallest absolute Gasteiger partial charge is 0.133 e. The van der Waals surface area contributed by atoms with Crippen LogP contribution in [0.1, 0.15) is 78.6 Å². The summed E-state index contributed by atoms with van der Waals surface area (Å²) in [5, 5.41) is 11.5. The van der Waals surface area contributed by atoms with Gasteiger partial charge in [0.05, 0.1) is 18.8 Å². The number of aliphatic hydroxyl groups is 1. The van der Waals surface area contributed by atoms with Gasteiger partial charge in [-0.2, -0.15) is 0 Å². The van der Waals surface area contributed by atoms with Crippen molar-refractivity contribution in [1.82, 2.24) is 4.90 Å². The highest BCUT2D eigenvalue weighted by atomic mass is 16.5. The second kappa shape index (κ2) is 7.56. The van der Waals surface area contributed by atoms with Crippen LogP contribution in [0.15, 0.2) is 0 Å². The second-order valence-corrected chi connectivity index (χ2v) is 12.3. The van der Waals surface area contributed by atoms with Crippen molar-refractivity contribution in [2.75, 3.05) is 32.8 Å². The zero-order chi connectivity index (χ0) is 21.1. The molecule has 30 heavy (non-hydrogen) atoms. The molecule has 5 rings (SSSR count). The fourth-order valence-electron chi connectivity index (χ4n) is 9.31. The van der Waals surface area contributed by atoms with Crippen molar-refractivity contribution in [3.05, 3.63) is 0 Å². The Labute approximate surface area is 183 Å². The van der Waals surface area contributed by atoms with E-state index in [0.717, 1.165) is 69.9 Å². The van der Waals surface area contributed by atoms with Gasteiger partial charge >= 0.3 is 0 Å². The van der Waals surface area contributed by atoms with E-state index in [-0.39, 0.29) is 5.41 Å². The largest absolute Gasteiger partial charge is 0.389 e. The Morgan fingerprint density at radius 1 is 0.967 bits per heavy atom. The molecule has 0 aromatic heterocycles. The number of rotatable bonds is 3. The van der Waals surface area contributed by atoms with Gasteiger partial charge in [0.25, 0.3) is 0 Å². The number of ketones is 1. The number of fused-ring (bicyclic) bond motifs is 5. The van der Waals surface area contributed by atoms with Gasteiger partial charge in [-0.1, -0.05) is 13.8 Å². The van der Waals surface area contributed by atoms with E-state index < -0.39 is 5.60 Å². The average Bonchev–Trinajstić information content (AvgIpc) is 3.07. The number of morpholine rings is 1. The van der Waals surface area contributed by atoms with Crippen LogP contribution in [0, 0.1) is 40.4 Å². The molecule has 1 N–H and O–H groups in total. The van der Waals surface area contributed by atoms with Crippen LogP contribution in [0.2, 0.25) is 0 Å². The fraction of sp³-hybridized carbons (Fsp3) is 0.962. The summed E-state index contributed by atoms with van der Waals surface area (Å²) in [6, 6.07) is 0. The van der Waals surface area contributed by atoms with Gasteiger partial charge in [0.15, 0.2) is 0 Å². The van der Waals surface area contributed by atoms with Gasteiger partial charge in [-0.25, -0.2) is 0 Å². The first-order valence-corrected chi connectivity index (χ1v) is 12.8. The highest BCUT2D eigenvalue weighted by Crippen LogP contribution is 2.68. The summed E-state index contributed by atoms with van der Waals surface area (Å²) in [7, 11) is 0. The summed E-state index contributed by atoms with van der Waals surface area (Å²) in [6.07, 6.45) is 10.7. The maximum atomic E-state index is 12.4. The van der Waals surface area contributed by atoms with Crippen LogP contribution in [-0.4, -0.2) is 54.2 Å². The molecule has 0 amide bonds. The summed E-state index contributed by atoms with van der Waals surface area (Å²) >= 11 is 0. The number of carbonyl (C=O) groups is 1. The lowest BCUT2D eigenvalue weighted by Gasteiger charge is -2.62. The molecule has 0 aromatic carbocycles. The molecule has 0 bridgehead atoms. The summed E-state index contributed by atoms with van der Waals surface area (Å²) in [5.41, 5.74) is 0.127. The number of hydrogen-bond donors (Lipinski definition) is 1. The first-order chi connectivity index (χ1) is 14.3. The van der Waals surface area contributed by atoms with Crippen LogP contribution in [0.4, 0.5) is 0 Å². The lowest BCUT2D eigenvalue weighted by atomic mass is 9.44. The standard InChI is InChI=1S/C26H43NO3/c1-18(28)21-6-7-22-20-5-4-19-16-26(29,17-27-12-14-30-15-13-27)11-10-24(19,2)23(20)8-9-25(21,22)3/h19-23,29H,4-17H2,1-3H3/t19?,20?,21?,22?,23?,24?,25?,26-/m1/s1. The van der Waals surface area contributed by atoms with Crippen LogP contribution in [0.5, 0.6) is 0 Å². The first-order valence-electron chi connectivity index (χ1n) is 12.8. The number of nitrogens with zero attached hydrogens (tertiary/aromatic N) is 1. The van der Waals surface area contributed by atoms with Crippen molar-refractivity contribution in [2.24, 2.45) is 40.4 Å². The van der Waals surface area contributed by atoms with Crippen molar-refractivity contribution < 1.29 is 14.6 Å². The van der Waals surface area contributed by atoms with Crippen LogP contribution in [0.3, 0.4) is 0 Å². The normalized spacial score (nSPS) is 51.7. The summed E-state index contributed by atoms with van der Waals surface area (Å²) in [4.78, 5) is 14.8. The molecule has 1 heterocycles. The third-order valence-electron chi connectivity index (χ3n) is 10.9. The monoisotopic (exact) mass is 417 g/mol. The van der Waals surface area contributed by atoms with Crippen molar-refractivity contribution in [2.45, 2.75) is 84.2 Å². The van der Waals surface area contributed by atoms with E-state index in [0.29, 0.717) is 23.0 Å². The third-order valence-corrected chi connectivity index (χ3v) is 10.9. The number of Topliss-reactive ketones (excluding diaryl/α,β-unsaturated/α-hetero) is 1. The number of carbonyl (C=O) groups excluding carboxylic acids is 1. The van der Waals surface area contributed by atoms with E-state index in [2.05, 4.69) is 18.7 Å². The van der Waals surface area contributed by atoms with E-state index >= 15 is 0 Å². The molecule has 0 radical (unpaired) electrons. The number of ether oxygens (including phenoxy) is 1. The minimum absolute atomic E-state index is 0.252. The Morgan fingerprint density at radius 3 is 2.43 bits per heavy atom. The number of hydrogen-bond acceptors (Lipinski definition) is 4. The van der Waals surface area contributed by atoms with Crippen LogP contribution >= 0.6 is 0 Å². The molecule has 5 fully saturated rings. The maximum absolute atomic E-state index is 12.4. The summed E-state index contributed by atoms with van der Waals surface area (Å²) in [5.74, 6) is 3.75. The Bertz CT molecular complexity index is 675. The molecule has 0 spiro atoms. The van der Waals surface area contributed by atoms with Gasteiger partial charge in [-0.15, -0.1) is 0 Å². The Hall–Kier alpha value is -0.450. The SMILES string of the molecule is CC(=O)C1CCC2C3CCC4C[C@@](O)(CN5CCOCC5)CCC4(C)C3CCC12C. The van der Waals surface area contributed by atoms with Crippen molar-refractivity contribution in [3.63, 3.8) is 0 Å². The van der Waals surface area contributed by atoms with Gasteiger partial charge in [0.1, 0.15) is 5.78 Å². The molecule has 4 nitrogen and oxygen atoms in total. The fourth-order valence-corrected chi connectivity index (χ4v) is 9.31. The molecule has 1 saturated heterocycles.